The first-order valence-electron chi connectivity index (χ1n) is 3.81. The van der Waals surface area contributed by atoms with Gasteiger partial charge in [-0.3, -0.25) is 4.98 Å². The van der Waals surface area contributed by atoms with Crippen LogP contribution in [-0.2, 0) is 0 Å². The van der Waals surface area contributed by atoms with Crippen LogP contribution in [0.4, 0.5) is 0 Å². The maximum Gasteiger partial charge on any atom is 0.292 e. The van der Waals surface area contributed by atoms with E-state index in [9.17, 15) is 0 Å². The molecule has 0 amide bonds. The van der Waals surface area contributed by atoms with Crippen LogP contribution in [0.3, 0.4) is 0 Å². The predicted molar refractivity (Wildman–Crippen MR) is 47.1 cm³/mol. The zero-order valence-electron chi connectivity index (χ0n) is 7.03. The van der Waals surface area contributed by atoms with E-state index in [2.05, 4.69) is 9.97 Å². The predicted octanol–water partition coefficient (Wildman–Crippen LogP) is 1.73. The van der Waals surface area contributed by atoms with Gasteiger partial charge < -0.3 is 9.72 Å². The molecular formula is C9H7N3O. The van der Waals surface area contributed by atoms with Gasteiger partial charge in [0.1, 0.15) is 0 Å². The molecule has 2 aromatic rings. The molecule has 4 heteroatoms. The third-order valence-corrected chi connectivity index (χ3v) is 1.88. The lowest BCUT2D eigenvalue weighted by Crippen LogP contribution is -1.82. The van der Waals surface area contributed by atoms with Crippen molar-refractivity contribution in [3.8, 4) is 12.0 Å². The molecule has 0 saturated carbocycles. The minimum Gasteiger partial charge on any atom is -0.385 e. The Morgan fingerprint density at radius 2 is 2.46 bits per heavy atom. The molecule has 0 unspecified atom stereocenters. The molecule has 0 aliphatic rings. The van der Waals surface area contributed by atoms with Gasteiger partial charge in [0.2, 0.25) is 0 Å². The summed E-state index contributed by atoms with van der Waals surface area (Å²) < 4.78 is 4.82. The zero-order chi connectivity index (χ0) is 9.26. The second-order valence-electron chi connectivity index (χ2n) is 2.69. The number of nitrogens with one attached hydrogen (secondary N) is 1. The van der Waals surface area contributed by atoms with Crippen molar-refractivity contribution < 1.29 is 4.74 Å². The molecule has 4 nitrogen and oxygen atoms in total. The average molecular weight is 173 g/mol. The van der Waals surface area contributed by atoms with Crippen LogP contribution in [-0.4, -0.2) is 9.97 Å². The van der Waals surface area contributed by atoms with Gasteiger partial charge in [-0.15, -0.1) is 5.26 Å². The summed E-state index contributed by atoms with van der Waals surface area (Å²) in [5.74, 6) is 0.561. The highest BCUT2D eigenvalue weighted by molar-refractivity contribution is 5.86. The van der Waals surface area contributed by atoms with Crippen molar-refractivity contribution in [1.29, 1.82) is 5.26 Å². The number of aryl methyl sites for hydroxylation is 1. The highest BCUT2D eigenvalue weighted by Gasteiger charge is 2.08. The topological polar surface area (TPSA) is 61.7 Å². The second kappa shape index (κ2) is 2.79. The lowest BCUT2D eigenvalue weighted by atomic mass is 10.3. The van der Waals surface area contributed by atoms with E-state index >= 15 is 0 Å². The summed E-state index contributed by atoms with van der Waals surface area (Å²) in [6.45, 7) is 1.85. The Morgan fingerprint density at radius 3 is 3.23 bits per heavy atom. The molecule has 1 N–H and O–H groups in total. The SMILES string of the molecule is Cc1[nH]c2ccncc2c1OC#N. The fraction of sp³-hybridized carbons (Fsp3) is 0.111. The van der Waals surface area contributed by atoms with Crippen LogP contribution >= 0.6 is 0 Å². The highest BCUT2D eigenvalue weighted by atomic mass is 16.5. The Bertz CT molecular complexity index is 481. The third-order valence-electron chi connectivity index (χ3n) is 1.88. The van der Waals surface area contributed by atoms with Crippen molar-refractivity contribution in [1.82, 2.24) is 9.97 Å². The van der Waals surface area contributed by atoms with E-state index in [1.807, 2.05) is 13.0 Å². The lowest BCUT2D eigenvalue weighted by molar-refractivity contribution is 0.508. The van der Waals surface area contributed by atoms with Crippen molar-refractivity contribution in [2.24, 2.45) is 0 Å². The van der Waals surface area contributed by atoms with E-state index in [-0.39, 0.29) is 0 Å². The summed E-state index contributed by atoms with van der Waals surface area (Å²) in [4.78, 5) is 7.06. The van der Waals surface area contributed by atoms with Crippen molar-refractivity contribution in [3.05, 3.63) is 24.2 Å². The molecule has 0 aliphatic heterocycles. The summed E-state index contributed by atoms with van der Waals surface area (Å²) in [7, 11) is 0. The molecule has 13 heavy (non-hydrogen) atoms. The smallest absolute Gasteiger partial charge is 0.292 e. The Kier molecular flexibility index (Phi) is 1.64. The van der Waals surface area contributed by atoms with E-state index in [4.69, 9.17) is 10.00 Å². The summed E-state index contributed by atoms with van der Waals surface area (Å²) in [5, 5.41) is 9.25. The van der Waals surface area contributed by atoms with Crippen LogP contribution in [0.15, 0.2) is 18.5 Å². The van der Waals surface area contributed by atoms with Gasteiger partial charge in [-0.1, -0.05) is 0 Å². The van der Waals surface area contributed by atoms with Gasteiger partial charge in [-0.05, 0) is 13.0 Å². The number of hydrogen-bond acceptors (Lipinski definition) is 3. The Morgan fingerprint density at radius 1 is 1.62 bits per heavy atom. The number of nitriles is 1. The van der Waals surface area contributed by atoms with Crippen LogP contribution in [0.25, 0.3) is 10.9 Å². The molecule has 0 fully saturated rings. The molecule has 0 saturated heterocycles. The molecule has 2 rings (SSSR count). The Hall–Kier alpha value is -2.02. The summed E-state index contributed by atoms with van der Waals surface area (Å²) in [5.41, 5.74) is 1.77. The maximum atomic E-state index is 8.42. The number of nitrogens with zero attached hydrogens (tertiary/aromatic N) is 2. The minimum absolute atomic E-state index is 0.561. The lowest BCUT2D eigenvalue weighted by Gasteiger charge is -1.92. The Balaban J connectivity index is 2.73. The van der Waals surface area contributed by atoms with Crippen LogP contribution < -0.4 is 4.74 Å². The number of rotatable bonds is 1. The fourth-order valence-corrected chi connectivity index (χ4v) is 1.32. The molecule has 0 atom stereocenters. The van der Waals surface area contributed by atoms with Crippen molar-refractivity contribution >= 4 is 10.9 Å². The standard InChI is InChI=1S/C9H7N3O/c1-6-9(13-5-10)7-4-11-3-2-8(7)12-6/h2-4,12H,1H3. The van der Waals surface area contributed by atoms with Gasteiger partial charge in [-0.2, -0.15) is 0 Å². The van der Waals surface area contributed by atoms with Crippen LogP contribution in [0.5, 0.6) is 5.75 Å². The van der Waals surface area contributed by atoms with Gasteiger partial charge >= 0.3 is 0 Å². The summed E-state index contributed by atoms with van der Waals surface area (Å²) in [6.07, 6.45) is 5.02. The number of fused-ring (bicyclic) bond motifs is 1. The first kappa shape index (κ1) is 7.62. The van der Waals surface area contributed by atoms with Crippen LogP contribution in [0.1, 0.15) is 5.69 Å². The molecule has 0 spiro atoms. The normalized spacial score (nSPS) is 9.85. The number of hydrogen-bond donors (Lipinski definition) is 1. The maximum absolute atomic E-state index is 8.42. The second-order valence-corrected chi connectivity index (χ2v) is 2.69. The number of aromatic amines is 1. The fourth-order valence-electron chi connectivity index (χ4n) is 1.32. The van der Waals surface area contributed by atoms with E-state index in [1.165, 1.54) is 0 Å². The summed E-state index contributed by atoms with van der Waals surface area (Å²) >= 11 is 0. The highest BCUT2D eigenvalue weighted by Crippen LogP contribution is 2.28. The largest absolute Gasteiger partial charge is 0.385 e. The van der Waals surface area contributed by atoms with Gasteiger partial charge in [0.25, 0.3) is 6.26 Å². The van der Waals surface area contributed by atoms with E-state index in [1.54, 1.807) is 18.6 Å². The molecule has 64 valence electrons. The quantitative estimate of drug-likeness (QED) is 0.668. The molecule has 0 aliphatic carbocycles. The van der Waals surface area contributed by atoms with Crippen molar-refractivity contribution in [2.75, 3.05) is 0 Å². The first-order chi connectivity index (χ1) is 6.33. The summed E-state index contributed by atoms with van der Waals surface area (Å²) in [6, 6.07) is 1.84. The van der Waals surface area contributed by atoms with Crippen LogP contribution in [0, 0.1) is 18.4 Å². The van der Waals surface area contributed by atoms with Gasteiger partial charge in [-0.25, -0.2) is 0 Å². The number of pyridine rings is 1. The zero-order valence-corrected chi connectivity index (χ0v) is 7.03. The number of H-pyrrole nitrogens is 1. The van der Waals surface area contributed by atoms with E-state index in [0.29, 0.717) is 5.75 Å². The number of aromatic nitrogens is 2. The average Bonchev–Trinajstić information content (AvgIpc) is 2.44. The molecule has 2 heterocycles. The molecule has 0 radical (unpaired) electrons. The first-order valence-corrected chi connectivity index (χ1v) is 3.81. The molecular weight excluding hydrogens is 166 g/mol. The third kappa shape index (κ3) is 1.11. The minimum atomic E-state index is 0.561. The van der Waals surface area contributed by atoms with Gasteiger partial charge in [0.15, 0.2) is 5.75 Å². The van der Waals surface area contributed by atoms with E-state index < -0.39 is 0 Å². The molecule has 2 aromatic heterocycles. The monoisotopic (exact) mass is 173 g/mol. The molecule has 0 aromatic carbocycles. The Labute approximate surface area is 74.8 Å². The molecule has 0 bridgehead atoms. The van der Waals surface area contributed by atoms with Crippen molar-refractivity contribution in [2.45, 2.75) is 6.92 Å². The van der Waals surface area contributed by atoms with E-state index in [0.717, 1.165) is 16.6 Å². The van der Waals surface area contributed by atoms with Gasteiger partial charge in [0.05, 0.1) is 16.6 Å². The van der Waals surface area contributed by atoms with Crippen LogP contribution in [0.2, 0.25) is 0 Å². The number of ether oxygens (including phenoxy) is 1. The van der Waals surface area contributed by atoms with Gasteiger partial charge in [0, 0.05) is 12.4 Å². The van der Waals surface area contributed by atoms with Crippen molar-refractivity contribution in [3.63, 3.8) is 0 Å².